The molecule has 1 fully saturated rings. The van der Waals surface area contributed by atoms with Gasteiger partial charge < -0.3 is 5.32 Å². The summed E-state index contributed by atoms with van der Waals surface area (Å²) in [4.78, 5) is 47.8. The molecule has 0 spiro atoms. The Morgan fingerprint density at radius 3 is 2.33 bits per heavy atom. The molecule has 1 heterocycles. The van der Waals surface area contributed by atoms with E-state index in [9.17, 15) is 32.3 Å². The lowest BCUT2D eigenvalue weighted by Crippen LogP contribution is -2.39. The van der Waals surface area contributed by atoms with Crippen LogP contribution >= 0.6 is 0 Å². The quantitative estimate of drug-likeness (QED) is 0.375. The van der Waals surface area contributed by atoms with Crippen LogP contribution in [0.15, 0.2) is 24.8 Å². The zero-order valence-corrected chi connectivity index (χ0v) is 12.0. The number of rotatable bonds is 5. The summed E-state index contributed by atoms with van der Waals surface area (Å²) in [6.07, 6.45) is 1.21. The number of carbonyl (C=O) groups excluding carboxylic acids is 4. The van der Waals surface area contributed by atoms with Crippen LogP contribution in [-0.2, 0) is 14.4 Å². The van der Waals surface area contributed by atoms with Gasteiger partial charge in [-0.3, -0.25) is 19.3 Å². The summed E-state index contributed by atoms with van der Waals surface area (Å²) in [5.41, 5.74) is -0.674. The van der Waals surface area contributed by atoms with Crippen LogP contribution in [0.4, 0.5) is 23.7 Å². The van der Waals surface area contributed by atoms with Gasteiger partial charge in [-0.2, -0.15) is 0 Å². The number of benzene rings is 1. The molecule has 1 aromatic rings. The first-order valence-electron chi connectivity index (χ1n) is 6.49. The molecule has 1 aromatic carbocycles. The van der Waals surface area contributed by atoms with Gasteiger partial charge >= 0.3 is 17.8 Å². The van der Waals surface area contributed by atoms with Crippen LogP contribution in [0.25, 0.3) is 0 Å². The summed E-state index contributed by atoms with van der Waals surface area (Å²) in [6, 6.07) is 0.329. The van der Waals surface area contributed by atoms with Crippen molar-refractivity contribution in [2.75, 3.05) is 18.4 Å². The van der Waals surface area contributed by atoms with Gasteiger partial charge in [0.15, 0.2) is 17.5 Å². The molecule has 7 nitrogen and oxygen atoms in total. The molecule has 2 rings (SSSR count). The highest BCUT2D eigenvalue weighted by Crippen LogP contribution is 2.20. The van der Waals surface area contributed by atoms with Gasteiger partial charge in [0.2, 0.25) is 5.91 Å². The second kappa shape index (κ2) is 6.52. The number of amides is 5. The van der Waals surface area contributed by atoms with Gasteiger partial charge in [-0.05, 0) is 12.1 Å². The summed E-state index contributed by atoms with van der Waals surface area (Å²) >= 11 is 0. The zero-order valence-electron chi connectivity index (χ0n) is 12.0. The average Bonchev–Trinajstić information content (AvgIpc) is 2.74. The molecule has 1 aliphatic heterocycles. The molecule has 0 aromatic heterocycles. The molecule has 24 heavy (non-hydrogen) atoms. The molecular weight excluding hydrogens is 331 g/mol. The first kappa shape index (κ1) is 17.2. The largest absolute Gasteiger partial charge is 0.335 e. The van der Waals surface area contributed by atoms with Gasteiger partial charge in [0.25, 0.3) is 0 Å². The third-order valence-corrected chi connectivity index (χ3v) is 3.06. The van der Waals surface area contributed by atoms with Crippen LogP contribution in [0, 0.1) is 17.5 Å². The number of nitrogens with zero attached hydrogens (tertiary/aromatic N) is 2. The molecule has 0 atom stereocenters. The predicted octanol–water partition coefficient (Wildman–Crippen LogP) is 1.02. The first-order chi connectivity index (χ1) is 11.3. The van der Waals surface area contributed by atoms with Crippen LogP contribution in [0.2, 0.25) is 0 Å². The molecule has 1 aliphatic rings. The SMILES string of the molecule is C=CCN1C(=O)C(=O)N(CC(=O)Nc2ccc(F)c(F)c2F)C1=O. The van der Waals surface area contributed by atoms with Crippen molar-refractivity contribution in [3.8, 4) is 0 Å². The van der Waals surface area contributed by atoms with E-state index in [0.717, 1.165) is 6.07 Å². The third kappa shape index (κ3) is 2.98. The molecule has 1 N–H and O–H groups in total. The Hall–Kier alpha value is -3.17. The fraction of sp³-hybridized carbons (Fsp3) is 0.143. The van der Waals surface area contributed by atoms with Crippen molar-refractivity contribution in [1.29, 1.82) is 0 Å². The van der Waals surface area contributed by atoms with Crippen LogP contribution in [0.5, 0.6) is 0 Å². The fourth-order valence-corrected chi connectivity index (χ4v) is 1.94. The topological polar surface area (TPSA) is 86.8 Å². The van der Waals surface area contributed by atoms with Crippen LogP contribution in [0.1, 0.15) is 0 Å². The molecule has 0 aliphatic carbocycles. The Morgan fingerprint density at radius 2 is 1.71 bits per heavy atom. The second-order valence-corrected chi connectivity index (χ2v) is 4.65. The second-order valence-electron chi connectivity index (χ2n) is 4.65. The van der Waals surface area contributed by atoms with E-state index in [-0.39, 0.29) is 6.54 Å². The molecular formula is C14H10F3N3O4. The van der Waals surface area contributed by atoms with E-state index in [0.29, 0.717) is 15.9 Å². The number of nitrogens with one attached hydrogen (secondary N) is 1. The summed E-state index contributed by atoms with van der Waals surface area (Å²) < 4.78 is 39.4. The molecule has 0 unspecified atom stereocenters. The molecule has 126 valence electrons. The minimum absolute atomic E-state index is 0.223. The van der Waals surface area contributed by atoms with Gasteiger partial charge in [0.1, 0.15) is 6.54 Å². The Kier molecular flexibility index (Phi) is 4.67. The average molecular weight is 341 g/mol. The third-order valence-electron chi connectivity index (χ3n) is 3.06. The highest BCUT2D eigenvalue weighted by Gasteiger charge is 2.44. The lowest BCUT2D eigenvalue weighted by Gasteiger charge is -2.14. The van der Waals surface area contributed by atoms with Gasteiger partial charge in [-0.15, -0.1) is 6.58 Å². The normalized spacial score (nSPS) is 14.4. The number of imide groups is 2. The van der Waals surface area contributed by atoms with Crippen molar-refractivity contribution in [2.24, 2.45) is 0 Å². The Bertz CT molecular complexity index is 766. The van der Waals surface area contributed by atoms with E-state index >= 15 is 0 Å². The van der Waals surface area contributed by atoms with E-state index < -0.39 is 53.4 Å². The minimum Gasteiger partial charge on any atom is -0.322 e. The number of urea groups is 1. The summed E-state index contributed by atoms with van der Waals surface area (Å²) in [6.45, 7) is 2.21. The first-order valence-corrected chi connectivity index (χ1v) is 6.49. The maximum Gasteiger partial charge on any atom is 0.335 e. The number of carbonyl (C=O) groups is 4. The summed E-state index contributed by atoms with van der Waals surface area (Å²) in [5.74, 6) is -8.30. The van der Waals surface area contributed by atoms with Crippen LogP contribution in [-0.4, -0.2) is 46.6 Å². The van der Waals surface area contributed by atoms with Gasteiger partial charge in [0.05, 0.1) is 5.69 Å². The van der Waals surface area contributed by atoms with Crippen LogP contribution in [0.3, 0.4) is 0 Å². The molecule has 0 saturated carbocycles. The summed E-state index contributed by atoms with van der Waals surface area (Å²) in [5, 5.41) is 1.89. The van der Waals surface area contributed by atoms with Crippen molar-refractivity contribution in [2.45, 2.75) is 0 Å². The highest BCUT2D eigenvalue weighted by molar-refractivity contribution is 6.45. The number of halogens is 3. The summed E-state index contributed by atoms with van der Waals surface area (Å²) in [7, 11) is 0. The molecule has 0 radical (unpaired) electrons. The van der Waals surface area contributed by atoms with Crippen molar-refractivity contribution < 1.29 is 32.3 Å². The highest BCUT2D eigenvalue weighted by atomic mass is 19.2. The smallest absolute Gasteiger partial charge is 0.322 e. The molecule has 5 amide bonds. The van der Waals surface area contributed by atoms with Crippen LogP contribution < -0.4 is 5.32 Å². The maximum atomic E-state index is 13.5. The zero-order chi connectivity index (χ0) is 18.0. The van der Waals surface area contributed by atoms with E-state index in [1.54, 1.807) is 0 Å². The maximum absolute atomic E-state index is 13.5. The standard InChI is InChI=1S/C14H10F3N3O4/c1-2-5-19-12(22)13(23)20(14(19)24)6-9(21)18-8-4-3-7(15)10(16)11(8)17/h2-4H,1,5-6H2,(H,18,21). The minimum atomic E-state index is -1.78. The lowest BCUT2D eigenvalue weighted by atomic mass is 10.2. The van der Waals surface area contributed by atoms with Crippen molar-refractivity contribution in [3.05, 3.63) is 42.2 Å². The van der Waals surface area contributed by atoms with Gasteiger partial charge in [-0.25, -0.2) is 22.9 Å². The Balaban J connectivity index is 2.12. The van der Waals surface area contributed by atoms with E-state index in [2.05, 4.69) is 6.58 Å². The van der Waals surface area contributed by atoms with E-state index in [1.165, 1.54) is 6.08 Å². The van der Waals surface area contributed by atoms with Crippen molar-refractivity contribution in [1.82, 2.24) is 9.80 Å². The molecule has 1 saturated heterocycles. The molecule has 10 heteroatoms. The number of anilines is 1. The Morgan fingerprint density at radius 1 is 1.08 bits per heavy atom. The van der Waals surface area contributed by atoms with E-state index in [1.807, 2.05) is 5.32 Å². The van der Waals surface area contributed by atoms with Crippen molar-refractivity contribution >= 4 is 29.4 Å². The molecule has 0 bridgehead atoms. The lowest BCUT2D eigenvalue weighted by molar-refractivity contribution is -0.143. The fourth-order valence-electron chi connectivity index (χ4n) is 1.94. The monoisotopic (exact) mass is 341 g/mol. The number of hydrogen-bond donors (Lipinski definition) is 1. The predicted molar refractivity (Wildman–Crippen MR) is 74.0 cm³/mol. The van der Waals surface area contributed by atoms with E-state index in [4.69, 9.17) is 0 Å². The Labute approximate surface area is 133 Å². The van der Waals surface area contributed by atoms with Gasteiger partial charge in [-0.1, -0.05) is 6.08 Å². The van der Waals surface area contributed by atoms with Gasteiger partial charge in [0, 0.05) is 6.54 Å². The number of hydrogen-bond acceptors (Lipinski definition) is 4. The van der Waals surface area contributed by atoms with Crippen molar-refractivity contribution in [3.63, 3.8) is 0 Å².